The van der Waals surface area contributed by atoms with Crippen LogP contribution in [-0.2, 0) is 11.2 Å². The molecule has 1 amide bonds. The first-order valence-corrected chi connectivity index (χ1v) is 10.6. The zero-order valence-electron chi connectivity index (χ0n) is 15.8. The van der Waals surface area contributed by atoms with Crippen LogP contribution in [0, 0.1) is 5.92 Å². The molecule has 0 aromatic heterocycles. The third-order valence-corrected chi connectivity index (χ3v) is 6.67. The average Bonchev–Trinajstić information content (AvgIpc) is 3.13. The van der Waals surface area contributed by atoms with Crippen LogP contribution in [0.5, 0.6) is 0 Å². The van der Waals surface area contributed by atoms with E-state index in [-0.39, 0.29) is 11.9 Å². The molecule has 3 unspecified atom stereocenters. The summed E-state index contributed by atoms with van der Waals surface area (Å²) in [6, 6.07) is 11.7. The van der Waals surface area contributed by atoms with Gasteiger partial charge in [0.1, 0.15) is 0 Å². The Bertz CT molecular complexity index is 568. The number of carbonyl (C=O) groups excluding carboxylic acids is 1. The van der Waals surface area contributed by atoms with Gasteiger partial charge in [0, 0.05) is 31.7 Å². The average molecular weight is 356 g/mol. The smallest absolute Gasteiger partial charge is 0.237 e. The Labute approximate surface area is 157 Å². The van der Waals surface area contributed by atoms with E-state index in [1.807, 2.05) is 0 Å². The van der Waals surface area contributed by atoms with E-state index in [2.05, 4.69) is 45.9 Å². The molecule has 4 heteroatoms. The van der Waals surface area contributed by atoms with Gasteiger partial charge in [-0.3, -0.25) is 4.79 Å². The van der Waals surface area contributed by atoms with Gasteiger partial charge in [0.15, 0.2) is 0 Å². The predicted molar refractivity (Wildman–Crippen MR) is 105 cm³/mol. The summed E-state index contributed by atoms with van der Waals surface area (Å²) >= 11 is 0. The normalized spacial score (nSPS) is 30.1. The Kier molecular flexibility index (Phi) is 5.91. The number of piperidine rings is 1. The summed E-state index contributed by atoms with van der Waals surface area (Å²) in [4.78, 5) is 15.2. The number of amides is 1. The van der Waals surface area contributed by atoms with E-state index in [4.69, 9.17) is 0 Å². The molecule has 0 bridgehead atoms. The molecule has 2 aliphatic heterocycles. The Hall–Kier alpha value is -1.39. The first-order valence-electron chi connectivity index (χ1n) is 10.6. The molecular formula is C22H33N3O. The molecule has 1 aromatic rings. The van der Waals surface area contributed by atoms with Gasteiger partial charge in [-0.2, -0.15) is 0 Å². The van der Waals surface area contributed by atoms with Gasteiger partial charge in [0.25, 0.3) is 0 Å². The standard InChI is InChI=1S/C22H33N3O/c26-22(21-16-18-8-4-5-9-20(18)24-21)23-19-11-14-25(15-12-19)13-10-17-6-2-1-3-7-17/h1-3,6-7,18-21,24H,4-5,8-16H2,(H,23,26). The van der Waals surface area contributed by atoms with Crippen molar-refractivity contribution in [1.29, 1.82) is 0 Å². The van der Waals surface area contributed by atoms with Crippen LogP contribution in [0.25, 0.3) is 0 Å². The molecule has 1 saturated carbocycles. The van der Waals surface area contributed by atoms with E-state index in [0.717, 1.165) is 51.2 Å². The van der Waals surface area contributed by atoms with Crippen LogP contribution in [0.4, 0.5) is 0 Å². The summed E-state index contributed by atoms with van der Waals surface area (Å²) in [7, 11) is 0. The molecular weight excluding hydrogens is 322 g/mol. The van der Waals surface area contributed by atoms with Crippen LogP contribution in [0.2, 0.25) is 0 Å². The molecule has 2 heterocycles. The third kappa shape index (κ3) is 4.47. The number of nitrogens with zero attached hydrogens (tertiary/aromatic N) is 1. The second-order valence-electron chi connectivity index (χ2n) is 8.47. The molecule has 1 aliphatic carbocycles. The molecule has 0 spiro atoms. The van der Waals surface area contributed by atoms with Crippen molar-refractivity contribution in [3.63, 3.8) is 0 Å². The fraction of sp³-hybridized carbons (Fsp3) is 0.682. The molecule has 4 rings (SSSR count). The van der Waals surface area contributed by atoms with Crippen LogP contribution in [0.15, 0.2) is 30.3 Å². The van der Waals surface area contributed by atoms with Crippen molar-refractivity contribution in [2.45, 2.75) is 69.5 Å². The molecule has 3 atom stereocenters. The molecule has 2 saturated heterocycles. The minimum absolute atomic E-state index is 0.0548. The quantitative estimate of drug-likeness (QED) is 0.854. The van der Waals surface area contributed by atoms with Crippen molar-refractivity contribution in [2.24, 2.45) is 5.92 Å². The van der Waals surface area contributed by atoms with Crippen LogP contribution in [-0.4, -0.2) is 48.6 Å². The number of hydrogen-bond donors (Lipinski definition) is 2. The van der Waals surface area contributed by atoms with Gasteiger partial charge < -0.3 is 15.5 Å². The first-order chi connectivity index (χ1) is 12.8. The van der Waals surface area contributed by atoms with Gasteiger partial charge in [-0.25, -0.2) is 0 Å². The number of likely N-dealkylation sites (tertiary alicyclic amines) is 1. The van der Waals surface area contributed by atoms with Crippen LogP contribution < -0.4 is 10.6 Å². The summed E-state index contributed by atoms with van der Waals surface area (Å²) in [5.41, 5.74) is 1.41. The zero-order chi connectivity index (χ0) is 17.8. The van der Waals surface area contributed by atoms with Crippen molar-refractivity contribution in [1.82, 2.24) is 15.5 Å². The summed E-state index contributed by atoms with van der Waals surface area (Å²) in [6.45, 7) is 3.32. The second-order valence-corrected chi connectivity index (χ2v) is 8.47. The number of hydrogen-bond acceptors (Lipinski definition) is 3. The lowest BCUT2D eigenvalue weighted by Gasteiger charge is -2.33. The van der Waals surface area contributed by atoms with Crippen molar-refractivity contribution in [3.05, 3.63) is 35.9 Å². The zero-order valence-corrected chi connectivity index (χ0v) is 15.8. The maximum Gasteiger partial charge on any atom is 0.237 e. The van der Waals surface area contributed by atoms with Crippen molar-refractivity contribution in [3.8, 4) is 0 Å². The number of benzene rings is 1. The van der Waals surface area contributed by atoms with Gasteiger partial charge in [0.2, 0.25) is 5.91 Å². The molecule has 3 fully saturated rings. The minimum atomic E-state index is 0.0548. The van der Waals surface area contributed by atoms with E-state index in [9.17, 15) is 4.79 Å². The van der Waals surface area contributed by atoms with Crippen LogP contribution in [0.1, 0.15) is 50.5 Å². The van der Waals surface area contributed by atoms with E-state index in [0.29, 0.717) is 12.1 Å². The molecule has 3 aliphatic rings. The Balaban J connectivity index is 1.17. The van der Waals surface area contributed by atoms with Crippen molar-refractivity contribution < 1.29 is 4.79 Å². The molecule has 142 valence electrons. The molecule has 0 radical (unpaired) electrons. The summed E-state index contributed by atoms with van der Waals surface area (Å²) in [6.07, 6.45) is 9.57. The number of nitrogens with one attached hydrogen (secondary N) is 2. The maximum absolute atomic E-state index is 12.7. The third-order valence-electron chi connectivity index (χ3n) is 6.67. The fourth-order valence-corrected chi connectivity index (χ4v) is 5.06. The molecule has 4 nitrogen and oxygen atoms in total. The van der Waals surface area contributed by atoms with Gasteiger partial charge >= 0.3 is 0 Å². The Morgan fingerprint density at radius 2 is 1.85 bits per heavy atom. The van der Waals surface area contributed by atoms with Gasteiger partial charge in [0.05, 0.1) is 6.04 Å². The Morgan fingerprint density at radius 1 is 1.08 bits per heavy atom. The van der Waals surface area contributed by atoms with Gasteiger partial charge in [-0.1, -0.05) is 43.2 Å². The molecule has 1 aromatic carbocycles. The second kappa shape index (κ2) is 8.53. The van der Waals surface area contributed by atoms with E-state index >= 15 is 0 Å². The van der Waals surface area contributed by atoms with Gasteiger partial charge in [-0.05, 0) is 50.0 Å². The predicted octanol–water partition coefficient (Wildman–Crippen LogP) is 2.73. The SMILES string of the molecule is O=C(NC1CCN(CCc2ccccc2)CC1)C1CC2CCCCC2N1. The van der Waals surface area contributed by atoms with Crippen LogP contribution in [0.3, 0.4) is 0 Å². The summed E-state index contributed by atoms with van der Waals surface area (Å²) in [5.74, 6) is 0.987. The van der Waals surface area contributed by atoms with E-state index in [1.165, 1.54) is 31.2 Å². The van der Waals surface area contributed by atoms with Gasteiger partial charge in [-0.15, -0.1) is 0 Å². The monoisotopic (exact) mass is 355 g/mol. The lowest BCUT2D eigenvalue weighted by molar-refractivity contribution is -0.123. The lowest BCUT2D eigenvalue weighted by Crippen LogP contribution is -2.50. The number of fused-ring (bicyclic) bond motifs is 1. The highest BCUT2D eigenvalue weighted by Crippen LogP contribution is 2.33. The summed E-state index contributed by atoms with van der Waals surface area (Å²) in [5, 5.41) is 6.94. The highest BCUT2D eigenvalue weighted by Gasteiger charge is 2.38. The molecule has 2 N–H and O–H groups in total. The lowest BCUT2D eigenvalue weighted by atomic mass is 9.85. The topological polar surface area (TPSA) is 44.4 Å². The summed E-state index contributed by atoms with van der Waals surface area (Å²) < 4.78 is 0. The van der Waals surface area contributed by atoms with E-state index < -0.39 is 0 Å². The fourth-order valence-electron chi connectivity index (χ4n) is 5.06. The van der Waals surface area contributed by atoms with Crippen molar-refractivity contribution >= 4 is 5.91 Å². The maximum atomic E-state index is 12.7. The number of carbonyl (C=O) groups is 1. The highest BCUT2D eigenvalue weighted by atomic mass is 16.2. The van der Waals surface area contributed by atoms with Crippen molar-refractivity contribution in [2.75, 3.05) is 19.6 Å². The first kappa shape index (κ1) is 18.0. The highest BCUT2D eigenvalue weighted by molar-refractivity contribution is 5.82. The van der Waals surface area contributed by atoms with Crippen LogP contribution >= 0.6 is 0 Å². The minimum Gasteiger partial charge on any atom is -0.352 e. The van der Waals surface area contributed by atoms with E-state index in [1.54, 1.807) is 0 Å². The number of rotatable bonds is 5. The molecule has 26 heavy (non-hydrogen) atoms. The largest absolute Gasteiger partial charge is 0.352 e. The Morgan fingerprint density at radius 3 is 2.62 bits per heavy atom.